The van der Waals surface area contributed by atoms with Gasteiger partial charge in [-0.2, -0.15) is 0 Å². The Kier molecular flexibility index (Phi) is 6.25. The Morgan fingerprint density at radius 1 is 1.07 bits per heavy atom. The van der Waals surface area contributed by atoms with E-state index in [2.05, 4.69) is 10.6 Å². The third kappa shape index (κ3) is 4.77. The van der Waals surface area contributed by atoms with Crippen LogP contribution < -0.4 is 16.4 Å². The molecule has 162 valence electrons. The SMILES string of the molecule is Cn1c(=O)oc2cc(NC(=O)C3CCC(NC(=O)CC4CCCCC4)CC3)ccc21. The minimum absolute atomic E-state index is 0.0142. The van der Waals surface area contributed by atoms with Crippen LogP contribution in [0.1, 0.15) is 64.2 Å². The molecule has 2 N–H and O–H groups in total. The standard InChI is InChI=1S/C23H31N3O4/c1-26-19-12-11-18(14-20(19)30-23(26)29)25-22(28)16-7-9-17(10-8-16)24-21(27)13-15-5-3-2-4-6-15/h11-12,14-17H,2-10,13H2,1H3,(H,24,27)(H,25,28). The summed E-state index contributed by atoms with van der Waals surface area (Å²) in [5, 5.41) is 6.13. The summed E-state index contributed by atoms with van der Waals surface area (Å²) in [4.78, 5) is 36.6. The first kappa shape index (κ1) is 20.7. The van der Waals surface area contributed by atoms with Crippen LogP contribution in [0.15, 0.2) is 27.4 Å². The fourth-order valence-corrected chi connectivity index (χ4v) is 4.90. The minimum atomic E-state index is -0.419. The predicted octanol–water partition coefficient (Wildman–Crippen LogP) is 3.72. The molecule has 30 heavy (non-hydrogen) atoms. The maximum Gasteiger partial charge on any atom is 0.419 e. The Morgan fingerprint density at radius 2 is 1.80 bits per heavy atom. The van der Waals surface area contributed by atoms with Crippen molar-refractivity contribution in [2.75, 3.05) is 5.32 Å². The predicted molar refractivity (Wildman–Crippen MR) is 115 cm³/mol. The van der Waals surface area contributed by atoms with Gasteiger partial charge in [-0.05, 0) is 56.6 Å². The molecule has 0 bridgehead atoms. The number of anilines is 1. The molecule has 2 aliphatic carbocycles. The molecule has 2 saturated carbocycles. The van der Waals surface area contributed by atoms with Crippen LogP contribution in [-0.2, 0) is 16.6 Å². The van der Waals surface area contributed by atoms with Gasteiger partial charge in [0.15, 0.2) is 5.58 Å². The van der Waals surface area contributed by atoms with Gasteiger partial charge in [0.2, 0.25) is 11.8 Å². The molecule has 0 aliphatic heterocycles. The molecule has 2 fully saturated rings. The number of benzene rings is 1. The molecule has 0 spiro atoms. The van der Waals surface area contributed by atoms with Gasteiger partial charge in [-0.1, -0.05) is 19.3 Å². The van der Waals surface area contributed by atoms with E-state index in [4.69, 9.17) is 4.42 Å². The number of amides is 2. The number of aryl methyl sites for hydroxylation is 1. The van der Waals surface area contributed by atoms with E-state index in [1.54, 1.807) is 25.2 Å². The van der Waals surface area contributed by atoms with Crippen molar-refractivity contribution in [2.24, 2.45) is 18.9 Å². The number of oxazole rings is 1. The highest BCUT2D eigenvalue weighted by atomic mass is 16.4. The van der Waals surface area contributed by atoms with E-state index in [1.807, 2.05) is 0 Å². The van der Waals surface area contributed by atoms with E-state index in [0.717, 1.165) is 25.7 Å². The van der Waals surface area contributed by atoms with Gasteiger partial charge in [-0.25, -0.2) is 4.79 Å². The number of nitrogens with zero attached hydrogens (tertiary/aromatic N) is 1. The third-order valence-electron chi connectivity index (χ3n) is 6.72. The van der Waals surface area contributed by atoms with Crippen LogP contribution in [0.25, 0.3) is 11.1 Å². The molecule has 1 heterocycles. The number of hydrogen-bond donors (Lipinski definition) is 2. The van der Waals surface area contributed by atoms with Gasteiger partial charge in [0, 0.05) is 37.2 Å². The van der Waals surface area contributed by atoms with Crippen molar-refractivity contribution < 1.29 is 14.0 Å². The van der Waals surface area contributed by atoms with Gasteiger partial charge in [0.05, 0.1) is 5.52 Å². The van der Waals surface area contributed by atoms with E-state index in [9.17, 15) is 14.4 Å². The summed E-state index contributed by atoms with van der Waals surface area (Å²) in [6, 6.07) is 5.42. The molecular weight excluding hydrogens is 382 g/mol. The fourth-order valence-electron chi connectivity index (χ4n) is 4.90. The summed E-state index contributed by atoms with van der Waals surface area (Å²) in [5.41, 5.74) is 1.79. The molecule has 7 heteroatoms. The Morgan fingerprint density at radius 3 is 2.53 bits per heavy atom. The topological polar surface area (TPSA) is 93.3 Å². The van der Waals surface area contributed by atoms with E-state index in [1.165, 1.54) is 36.7 Å². The highest BCUT2D eigenvalue weighted by Crippen LogP contribution is 2.28. The van der Waals surface area contributed by atoms with Crippen molar-refractivity contribution in [3.63, 3.8) is 0 Å². The van der Waals surface area contributed by atoms with Crippen molar-refractivity contribution in [1.29, 1.82) is 0 Å². The van der Waals surface area contributed by atoms with E-state index >= 15 is 0 Å². The van der Waals surface area contributed by atoms with Crippen LogP contribution in [0.2, 0.25) is 0 Å². The van der Waals surface area contributed by atoms with E-state index in [-0.39, 0.29) is 23.8 Å². The van der Waals surface area contributed by atoms with E-state index in [0.29, 0.717) is 29.1 Å². The van der Waals surface area contributed by atoms with Gasteiger partial charge < -0.3 is 15.1 Å². The number of carbonyl (C=O) groups is 2. The number of rotatable bonds is 5. The Bertz CT molecular complexity index is 962. The molecule has 0 saturated heterocycles. The summed E-state index contributed by atoms with van der Waals surface area (Å²) in [5.74, 6) is 0.228. The molecule has 2 aliphatic rings. The largest absolute Gasteiger partial charge is 0.419 e. The molecule has 2 aromatic rings. The number of hydrogen-bond acceptors (Lipinski definition) is 4. The lowest BCUT2D eigenvalue weighted by molar-refractivity contribution is -0.123. The molecular formula is C23H31N3O4. The van der Waals surface area contributed by atoms with Crippen molar-refractivity contribution in [1.82, 2.24) is 9.88 Å². The molecule has 0 atom stereocenters. The van der Waals surface area contributed by atoms with Crippen LogP contribution in [0.5, 0.6) is 0 Å². The third-order valence-corrected chi connectivity index (χ3v) is 6.72. The molecule has 1 aromatic heterocycles. The zero-order valence-corrected chi connectivity index (χ0v) is 17.6. The second-order valence-corrected chi connectivity index (χ2v) is 8.92. The van der Waals surface area contributed by atoms with Crippen LogP contribution in [0.3, 0.4) is 0 Å². The van der Waals surface area contributed by atoms with Crippen LogP contribution in [0.4, 0.5) is 5.69 Å². The van der Waals surface area contributed by atoms with Gasteiger partial charge in [-0.3, -0.25) is 14.2 Å². The summed E-state index contributed by atoms with van der Waals surface area (Å²) < 4.78 is 6.62. The van der Waals surface area contributed by atoms with Crippen molar-refractivity contribution >= 4 is 28.6 Å². The van der Waals surface area contributed by atoms with Crippen LogP contribution >= 0.6 is 0 Å². The van der Waals surface area contributed by atoms with Crippen molar-refractivity contribution in [3.05, 3.63) is 28.7 Å². The maximum atomic E-state index is 12.7. The number of carbonyl (C=O) groups excluding carboxylic acids is 2. The molecule has 1 aromatic carbocycles. The second kappa shape index (κ2) is 9.06. The van der Waals surface area contributed by atoms with Gasteiger partial charge in [-0.15, -0.1) is 0 Å². The zero-order valence-electron chi connectivity index (χ0n) is 17.6. The highest BCUT2D eigenvalue weighted by molar-refractivity contribution is 5.94. The fraction of sp³-hybridized carbons (Fsp3) is 0.609. The summed E-state index contributed by atoms with van der Waals surface area (Å²) in [6.07, 6.45) is 10.0. The monoisotopic (exact) mass is 413 g/mol. The quantitative estimate of drug-likeness (QED) is 0.781. The summed E-state index contributed by atoms with van der Waals surface area (Å²) in [6.45, 7) is 0. The average molecular weight is 414 g/mol. The lowest BCUT2D eigenvalue weighted by Crippen LogP contribution is -2.40. The first-order valence-electron chi connectivity index (χ1n) is 11.2. The first-order valence-corrected chi connectivity index (χ1v) is 11.2. The smallest absolute Gasteiger partial charge is 0.408 e. The van der Waals surface area contributed by atoms with E-state index < -0.39 is 5.76 Å². The molecule has 0 unspecified atom stereocenters. The average Bonchev–Trinajstić information content (AvgIpc) is 3.02. The van der Waals surface area contributed by atoms with Gasteiger partial charge >= 0.3 is 5.76 Å². The number of nitrogens with one attached hydrogen (secondary N) is 2. The van der Waals surface area contributed by atoms with Crippen LogP contribution in [0, 0.1) is 11.8 Å². The molecule has 7 nitrogen and oxygen atoms in total. The normalized spacial score (nSPS) is 22.7. The summed E-state index contributed by atoms with van der Waals surface area (Å²) in [7, 11) is 1.65. The second-order valence-electron chi connectivity index (χ2n) is 8.92. The van der Waals surface area contributed by atoms with Crippen LogP contribution in [-0.4, -0.2) is 22.4 Å². The number of aromatic nitrogens is 1. The van der Waals surface area contributed by atoms with Gasteiger partial charge in [0.25, 0.3) is 0 Å². The summed E-state index contributed by atoms with van der Waals surface area (Å²) >= 11 is 0. The zero-order chi connectivity index (χ0) is 21.1. The van der Waals surface area contributed by atoms with Crippen molar-refractivity contribution in [2.45, 2.75) is 70.3 Å². The Balaban J connectivity index is 1.25. The lowest BCUT2D eigenvalue weighted by atomic mass is 9.84. The van der Waals surface area contributed by atoms with Crippen molar-refractivity contribution in [3.8, 4) is 0 Å². The molecule has 0 radical (unpaired) electrons. The molecule has 4 rings (SSSR count). The van der Waals surface area contributed by atoms with Gasteiger partial charge in [0.1, 0.15) is 0 Å². The first-order chi connectivity index (χ1) is 14.5. The lowest BCUT2D eigenvalue weighted by Gasteiger charge is -2.29. The molecule has 2 amide bonds. The Labute approximate surface area is 176 Å². The Hall–Kier alpha value is -2.57. The number of fused-ring (bicyclic) bond motifs is 1. The maximum absolute atomic E-state index is 12.7. The minimum Gasteiger partial charge on any atom is -0.408 e. The highest BCUT2D eigenvalue weighted by Gasteiger charge is 2.28.